The van der Waals surface area contributed by atoms with Gasteiger partial charge in [-0.1, -0.05) is 30.3 Å². The lowest BCUT2D eigenvalue weighted by atomic mass is 10.0. The maximum atomic E-state index is 5.72. The molecule has 2 aromatic rings. The first-order valence-corrected chi connectivity index (χ1v) is 8.14. The first kappa shape index (κ1) is 16.1. The van der Waals surface area contributed by atoms with E-state index in [1.165, 1.54) is 0 Å². The lowest BCUT2D eigenvalue weighted by Crippen LogP contribution is -2.41. The maximum absolute atomic E-state index is 5.72. The van der Waals surface area contributed by atoms with Crippen molar-refractivity contribution in [3.05, 3.63) is 72.6 Å². The fourth-order valence-corrected chi connectivity index (χ4v) is 2.63. The molecule has 1 aromatic heterocycles. The Kier molecular flexibility index (Phi) is 5.45. The van der Waals surface area contributed by atoms with Crippen molar-refractivity contribution in [2.75, 3.05) is 13.2 Å². The van der Waals surface area contributed by atoms with E-state index in [0.717, 1.165) is 29.4 Å². The molecule has 3 rings (SSSR count). The molecule has 0 saturated heterocycles. The van der Waals surface area contributed by atoms with Gasteiger partial charge in [-0.3, -0.25) is 4.98 Å². The normalized spacial score (nSPS) is 16.7. The SMILES string of the molecule is C=CCNC(=NCc1ccccn1)NC1CCOc2ccccc21. The summed E-state index contributed by atoms with van der Waals surface area (Å²) in [6, 6.07) is 14.1. The molecule has 5 heteroatoms. The number of rotatable bonds is 5. The van der Waals surface area contributed by atoms with E-state index in [-0.39, 0.29) is 6.04 Å². The fraction of sp³-hybridized carbons (Fsp3) is 0.263. The zero-order valence-corrected chi connectivity index (χ0v) is 13.6. The fourth-order valence-electron chi connectivity index (χ4n) is 2.63. The number of nitrogens with one attached hydrogen (secondary N) is 2. The Morgan fingerprint density at radius 1 is 1.29 bits per heavy atom. The van der Waals surface area contributed by atoms with Gasteiger partial charge in [-0.2, -0.15) is 0 Å². The Hall–Kier alpha value is -2.82. The number of ether oxygens (including phenoxy) is 1. The van der Waals surface area contributed by atoms with E-state index in [9.17, 15) is 0 Å². The standard InChI is InChI=1S/C19H22N4O/c1-2-11-21-19(22-14-15-7-5-6-12-20-15)23-17-10-13-24-18-9-4-3-8-16(17)18/h2-9,12,17H,1,10-11,13-14H2,(H2,21,22,23). The number of aliphatic imine (C=N–C) groups is 1. The van der Waals surface area contributed by atoms with Crippen LogP contribution in [0.3, 0.4) is 0 Å². The summed E-state index contributed by atoms with van der Waals surface area (Å²) in [5, 5.41) is 6.77. The van der Waals surface area contributed by atoms with E-state index in [1.54, 1.807) is 6.20 Å². The van der Waals surface area contributed by atoms with Crippen molar-refractivity contribution in [3.63, 3.8) is 0 Å². The van der Waals surface area contributed by atoms with Gasteiger partial charge in [0.25, 0.3) is 0 Å². The number of fused-ring (bicyclic) bond motifs is 1. The Balaban J connectivity index is 1.74. The van der Waals surface area contributed by atoms with Crippen molar-refractivity contribution >= 4 is 5.96 Å². The van der Waals surface area contributed by atoms with Crippen LogP contribution >= 0.6 is 0 Å². The molecule has 0 aliphatic carbocycles. The average molecular weight is 322 g/mol. The number of aromatic nitrogens is 1. The van der Waals surface area contributed by atoms with E-state index in [4.69, 9.17) is 4.74 Å². The zero-order valence-electron chi connectivity index (χ0n) is 13.6. The largest absolute Gasteiger partial charge is 0.493 e. The highest BCUT2D eigenvalue weighted by molar-refractivity contribution is 5.80. The number of guanidine groups is 1. The van der Waals surface area contributed by atoms with Gasteiger partial charge in [0.2, 0.25) is 0 Å². The lowest BCUT2D eigenvalue weighted by Gasteiger charge is -2.28. The van der Waals surface area contributed by atoms with Gasteiger partial charge < -0.3 is 15.4 Å². The average Bonchev–Trinajstić information content (AvgIpc) is 2.65. The summed E-state index contributed by atoms with van der Waals surface area (Å²) in [5.74, 6) is 1.69. The molecule has 1 aliphatic rings. The van der Waals surface area contributed by atoms with Gasteiger partial charge >= 0.3 is 0 Å². The summed E-state index contributed by atoms with van der Waals surface area (Å²) >= 11 is 0. The summed E-state index contributed by atoms with van der Waals surface area (Å²) in [7, 11) is 0. The highest BCUT2D eigenvalue weighted by Gasteiger charge is 2.21. The predicted molar refractivity (Wildman–Crippen MR) is 96.0 cm³/mol. The van der Waals surface area contributed by atoms with Crippen molar-refractivity contribution in [1.82, 2.24) is 15.6 Å². The predicted octanol–water partition coefficient (Wildman–Crippen LogP) is 2.83. The van der Waals surface area contributed by atoms with Crippen LogP contribution in [0.25, 0.3) is 0 Å². The first-order chi connectivity index (χ1) is 11.9. The molecular weight excluding hydrogens is 300 g/mol. The van der Waals surface area contributed by atoms with Crippen molar-refractivity contribution in [2.24, 2.45) is 4.99 Å². The molecule has 0 fully saturated rings. The third-order valence-electron chi connectivity index (χ3n) is 3.81. The van der Waals surface area contributed by atoms with Crippen LogP contribution in [0.2, 0.25) is 0 Å². The molecule has 0 saturated carbocycles. The third-order valence-corrected chi connectivity index (χ3v) is 3.81. The first-order valence-electron chi connectivity index (χ1n) is 8.14. The van der Waals surface area contributed by atoms with Crippen LogP contribution in [0.5, 0.6) is 5.75 Å². The Morgan fingerprint density at radius 3 is 3.00 bits per heavy atom. The van der Waals surface area contributed by atoms with Crippen molar-refractivity contribution in [2.45, 2.75) is 19.0 Å². The molecule has 5 nitrogen and oxygen atoms in total. The second-order valence-electron chi connectivity index (χ2n) is 5.53. The van der Waals surface area contributed by atoms with Gasteiger partial charge in [-0.25, -0.2) is 4.99 Å². The van der Waals surface area contributed by atoms with E-state index in [0.29, 0.717) is 19.7 Å². The van der Waals surface area contributed by atoms with E-state index >= 15 is 0 Å². The highest BCUT2D eigenvalue weighted by Crippen LogP contribution is 2.31. The smallest absolute Gasteiger partial charge is 0.192 e. The molecule has 124 valence electrons. The van der Waals surface area contributed by atoms with Crippen LogP contribution in [-0.2, 0) is 6.54 Å². The minimum absolute atomic E-state index is 0.176. The van der Waals surface area contributed by atoms with Gasteiger partial charge in [-0.05, 0) is 18.2 Å². The molecule has 0 spiro atoms. The Morgan fingerprint density at radius 2 is 2.17 bits per heavy atom. The molecule has 0 bridgehead atoms. The molecule has 1 aromatic carbocycles. The Bertz CT molecular complexity index is 700. The van der Waals surface area contributed by atoms with Crippen LogP contribution < -0.4 is 15.4 Å². The number of para-hydroxylation sites is 1. The van der Waals surface area contributed by atoms with Crippen LogP contribution in [0, 0.1) is 0 Å². The monoisotopic (exact) mass is 322 g/mol. The second-order valence-corrected chi connectivity index (χ2v) is 5.53. The quantitative estimate of drug-likeness (QED) is 0.505. The van der Waals surface area contributed by atoms with Crippen LogP contribution in [0.4, 0.5) is 0 Å². The summed E-state index contributed by atoms with van der Waals surface area (Å²) in [6.45, 7) is 5.63. The molecule has 1 atom stereocenters. The minimum atomic E-state index is 0.176. The van der Waals surface area contributed by atoms with Gasteiger partial charge in [0.1, 0.15) is 5.75 Å². The van der Waals surface area contributed by atoms with Gasteiger partial charge in [0.15, 0.2) is 5.96 Å². The van der Waals surface area contributed by atoms with Crippen molar-refractivity contribution < 1.29 is 4.74 Å². The number of hydrogen-bond acceptors (Lipinski definition) is 3. The van der Waals surface area contributed by atoms with Crippen molar-refractivity contribution in [3.8, 4) is 5.75 Å². The molecular formula is C19H22N4O. The van der Waals surface area contributed by atoms with Crippen LogP contribution in [0.15, 0.2) is 66.3 Å². The molecule has 0 radical (unpaired) electrons. The summed E-state index contributed by atoms with van der Waals surface area (Å²) in [5.41, 5.74) is 2.10. The minimum Gasteiger partial charge on any atom is -0.493 e. The molecule has 1 aliphatic heterocycles. The van der Waals surface area contributed by atoms with E-state index in [1.807, 2.05) is 42.5 Å². The summed E-state index contributed by atoms with van der Waals surface area (Å²) in [6.07, 6.45) is 4.50. The molecule has 1 unspecified atom stereocenters. The summed E-state index contributed by atoms with van der Waals surface area (Å²) < 4.78 is 5.72. The Labute approximate surface area is 142 Å². The summed E-state index contributed by atoms with van der Waals surface area (Å²) in [4.78, 5) is 8.95. The maximum Gasteiger partial charge on any atom is 0.192 e. The molecule has 2 N–H and O–H groups in total. The van der Waals surface area contributed by atoms with E-state index in [2.05, 4.69) is 33.3 Å². The second kappa shape index (κ2) is 8.15. The lowest BCUT2D eigenvalue weighted by molar-refractivity contribution is 0.261. The van der Waals surface area contributed by atoms with Crippen LogP contribution in [-0.4, -0.2) is 24.1 Å². The van der Waals surface area contributed by atoms with Gasteiger partial charge in [0.05, 0.1) is 24.9 Å². The number of hydrogen-bond donors (Lipinski definition) is 2. The number of nitrogens with zero attached hydrogens (tertiary/aromatic N) is 2. The van der Waals surface area contributed by atoms with Gasteiger partial charge in [-0.15, -0.1) is 6.58 Å². The number of benzene rings is 1. The number of pyridine rings is 1. The zero-order chi connectivity index (χ0) is 16.6. The third kappa shape index (κ3) is 4.13. The van der Waals surface area contributed by atoms with Crippen LogP contribution in [0.1, 0.15) is 23.7 Å². The van der Waals surface area contributed by atoms with E-state index < -0.39 is 0 Å². The van der Waals surface area contributed by atoms with Crippen molar-refractivity contribution in [1.29, 1.82) is 0 Å². The molecule has 0 amide bonds. The van der Waals surface area contributed by atoms with Gasteiger partial charge in [0, 0.05) is 24.7 Å². The topological polar surface area (TPSA) is 58.5 Å². The molecule has 24 heavy (non-hydrogen) atoms. The molecule has 2 heterocycles. The highest BCUT2D eigenvalue weighted by atomic mass is 16.5.